The van der Waals surface area contributed by atoms with Crippen LogP contribution in [0.15, 0.2) is 41.3 Å². The van der Waals surface area contributed by atoms with Gasteiger partial charge in [-0.25, -0.2) is 19.3 Å². The molecule has 0 bridgehead atoms. The Morgan fingerprint density at radius 1 is 1.16 bits per heavy atom. The Morgan fingerprint density at radius 3 is 2.56 bits per heavy atom. The van der Waals surface area contributed by atoms with E-state index < -0.39 is 29.4 Å². The third kappa shape index (κ3) is 5.07. The summed E-state index contributed by atoms with van der Waals surface area (Å²) in [5.41, 5.74) is 1.58. The molecule has 4 heterocycles. The van der Waals surface area contributed by atoms with Crippen LogP contribution in [0, 0.1) is 0 Å². The van der Waals surface area contributed by atoms with E-state index in [1.165, 1.54) is 20.5 Å². The second kappa shape index (κ2) is 10.5. The minimum absolute atomic E-state index is 0.0687. The summed E-state index contributed by atoms with van der Waals surface area (Å²) in [6.45, 7) is 11.5. The molecule has 4 aromatic rings. The number of nitrogens with zero attached hydrogens (tertiary/aromatic N) is 4. The van der Waals surface area contributed by atoms with Crippen molar-refractivity contribution in [1.29, 1.82) is 0 Å². The van der Waals surface area contributed by atoms with Crippen LogP contribution >= 0.6 is 27.5 Å². The monoisotopic (exact) mass is 674 g/mol. The molecule has 43 heavy (non-hydrogen) atoms. The van der Waals surface area contributed by atoms with E-state index in [0.717, 1.165) is 26.5 Å². The number of carbonyl (C=O) groups is 1. The predicted molar refractivity (Wildman–Crippen MR) is 165 cm³/mol. The molecule has 230 valence electrons. The van der Waals surface area contributed by atoms with Gasteiger partial charge in [-0.15, -0.1) is 0 Å². The van der Waals surface area contributed by atoms with Crippen molar-refractivity contribution < 1.29 is 28.5 Å². The third-order valence-corrected chi connectivity index (χ3v) is 9.22. The summed E-state index contributed by atoms with van der Waals surface area (Å²) in [5.74, 6) is -0.873. The number of hydrogen-bond acceptors (Lipinski definition) is 8. The molecule has 0 spiro atoms. The number of halogens is 2. The van der Waals surface area contributed by atoms with E-state index >= 15 is 0 Å². The summed E-state index contributed by atoms with van der Waals surface area (Å²) >= 11 is 10.1. The summed E-state index contributed by atoms with van der Waals surface area (Å²) < 4.78 is 34.7. The van der Waals surface area contributed by atoms with Crippen molar-refractivity contribution in [2.24, 2.45) is 0 Å². The smallest absolute Gasteiger partial charge is 0.419 e. The summed E-state index contributed by atoms with van der Waals surface area (Å²) in [7, 11) is 3.08. The summed E-state index contributed by atoms with van der Waals surface area (Å²) in [4.78, 5) is 22.4. The zero-order valence-corrected chi connectivity index (χ0v) is 27.8. The highest BCUT2D eigenvalue weighted by molar-refractivity contribution is 9.10. The number of hydrogen-bond donors (Lipinski definition) is 0. The Bertz CT molecular complexity index is 1720. The summed E-state index contributed by atoms with van der Waals surface area (Å²) in [6.07, 6.45) is 2.61. The maximum atomic E-state index is 13.6. The average molecular weight is 676 g/mol. The largest absolute Gasteiger partial charge is 0.443 e. The zero-order valence-electron chi connectivity index (χ0n) is 25.5. The molecule has 1 aliphatic heterocycles. The Kier molecular flexibility index (Phi) is 7.46. The molecular formula is C31H36BrClN4O6. The van der Waals surface area contributed by atoms with Crippen LogP contribution in [0.25, 0.3) is 21.9 Å². The van der Waals surface area contributed by atoms with E-state index in [4.69, 9.17) is 35.3 Å². The molecular weight excluding hydrogens is 640 g/mol. The van der Waals surface area contributed by atoms with Crippen molar-refractivity contribution in [2.75, 3.05) is 14.2 Å². The third-order valence-electron chi connectivity index (χ3n) is 8.33. The van der Waals surface area contributed by atoms with Gasteiger partial charge in [0.2, 0.25) is 0 Å². The molecule has 0 N–H and O–H groups in total. The topological polar surface area (TPSA) is 98.9 Å². The summed E-state index contributed by atoms with van der Waals surface area (Å²) in [5, 5.41) is 1.99. The second-order valence-electron chi connectivity index (χ2n) is 12.8. The first kappa shape index (κ1) is 30.5. The maximum absolute atomic E-state index is 13.6. The molecule has 2 aliphatic rings. The van der Waals surface area contributed by atoms with Crippen LogP contribution in [0.4, 0.5) is 4.79 Å². The molecule has 3 aromatic heterocycles. The first-order valence-electron chi connectivity index (χ1n) is 14.2. The van der Waals surface area contributed by atoms with Crippen LogP contribution < -0.4 is 0 Å². The first-order chi connectivity index (χ1) is 20.2. The van der Waals surface area contributed by atoms with Gasteiger partial charge < -0.3 is 28.3 Å². The van der Waals surface area contributed by atoms with E-state index in [1.807, 2.05) is 59.0 Å². The van der Waals surface area contributed by atoms with Gasteiger partial charge in [0.1, 0.15) is 28.3 Å². The normalized spacial score (nSPS) is 25.2. The van der Waals surface area contributed by atoms with Crippen LogP contribution in [0.2, 0.25) is 5.15 Å². The van der Waals surface area contributed by atoms with Gasteiger partial charge in [-0.1, -0.05) is 23.7 Å². The number of benzene rings is 1. The van der Waals surface area contributed by atoms with Crippen molar-refractivity contribution in [3.63, 3.8) is 0 Å². The van der Waals surface area contributed by atoms with Gasteiger partial charge >= 0.3 is 6.09 Å². The highest BCUT2D eigenvalue weighted by Crippen LogP contribution is 2.58. The number of rotatable bonds is 5. The van der Waals surface area contributed by atoms with E-state index in [-0.39, 0.29) is 18.1 Å². The van der Waals surface area contributed by atoms with Gasteiger partial charge in [-0.05, 0) is 81.6 Å². The highest BCUT2D eigenvalue weighted by atomic mass is 79.9. The van der Waals surface area contributed by atoms with Gasteiger partial charge in [0.25, 0.3) is 0 Å². The Balaban J connectivity index is 1.49. The van der Waals surface area contributed by atoms with Gasteiger partial charge in [-0.3, -0.25) is 0 Å². The molecule has 1 aliphatic carbocycles. The lowest BCUT2D eigenvalue weighted by atomic mass is 9.91. The Labute approximate surface area is 263 Å². The molecule has 12 heteroatoms. The van der Waals surface area contributed by atoms with E-state index in [2.05, 4.69) is 43.5 Å². The molecule has 1 saturated heterocycles. The van der Waals surface area contributed by atoms with Gasteiger partial charge in [0.15, 0.2) is 12.1 Å². The van der Waals surface area contributed by atoms with E-state index in [9.17, 15) is 4.79 Å². The number of carbonyl (C=O) groups excluding carboxylic acids is 1. The fourth-order valence-electron chi connectivity index (χ4n) is 6.81. The van der Waals surface area contributed by atoms with Crippen molar-refractivity contribution in [2.45, 2.75) is 89.3 Å². The second-order valence-corrected chi connectivity index (χ2v) is 14.0. The maximum Gasteiger partial charge on any atom is 0.419 e. The Hall–Kier alpha value is -2.54. The molecule has 4 atom stereocenters. The molecule has 1 saturated carbocycles. The van der Waals surface area contributed by atoms with Crippen molar-refractivity contribution >= 4 is 55.6 Å². The van der Waals surface area contributed by atoms with Crippen LogP contribution in [0.1, 0.15) is 77.5 Å². The molecule has 2 fully saturated rings. The van der Waals surface area contributed by atoms with Crippen LogP contribution in [-0.4, -0.2) is 62.5 Å². The van der Waals surface area contributed by atoms with E-state index in [1.54, 1.807) is 4.57 Å². The van der Waals surface area contributed by atoms with Gasteiger partial charge in [-0.2, -0.15) is 0 Å². The Morgan fingerprint density at radius 2 is 1.88 bits per heavy atom. The predicted octanol–water partition coefficient (Wildman–Crippen LogP) is 7.52. The summed E-state index contributed by atoms with van der Waals surface area (Å²) in [6, 6.07) is 7.89. The van der Waals surface area contributed by atoms with Gasteiger partial charge in [0, 0.05) is 36.2 Å². The van der Waals surface area contributed by atoms with Gasteiger partial charge in [0.05, 0.1) is 28.7 Å². The fraction of sp³-hybridized carbons (Fsp3) is 0.516. The average Bonchev–Trinajstić information content (AvgIpc) is 3.59. The molecule has 6 rings (SSSR count). The number of ether oxygens (including phenoxy) is 5. The van der Waals surface area contributed by atoms with Crippen LogP contribution in [0.5, 0.6) is 0 Å². The number of methoxy groups -OCH3 is 2. The number of aromatic nitrogens is 4. The van der Waals surface area contributed by atoms with Crippen molar-refractivity contribution in [3.05, 3.63) is 57.7 Å². The molecule has 2 unspecified atom stereocenters. The minimum atomic E-state index is -0.804. The van der Waals surface area contributed by atoms with Crippen LogP contribution in [0.3, 0.4) is 0 Å². The highest BCUT2D eigenvalue weighted by Gasteiger charge is 2.63. The quantitative estimate of drug-likeness (QED) is 0.158. The minimum Gasteiger partial charge on any atom is -0.443 e. The fourth-order valence-corrected chi connectivity index (χ4v) is 7.74. The lowest BCUT2D eigenvalue weighted by molar-refractivity contribution is -0.173. The molecule has 0 radical (unpaired) electrons. The molecule has 0 amide bonds. The first-order valence-corrected chi connectivity index (χ1v) is 15.3. The SMILES string of the molecule is COC(OC)c1cc2ccc([C@H]3CC(n4cc(Br)c5c(Cl)ncnc54)C4(C)OC(C)(C)O[C@H]34)cc2n1C(=O)OC(C)(C)C. The zero-order chi connectivity index (χ0) is 31.1. The molecule has 1 aromatic carbocycles. The lowest BCUT2D eigenvalue weighted by Gasteiger charge is -2.32. The molecule has 10 nitrogen and oxygen atoms in total. The van der Waals surface area contributed by atoms with E-state index in [0.29, 0.717) is 22.8 Å². The lowest BCUT2D eigenvalue weighted by Crippen LogP contribution is -2.40. The number of fused-ring (bicyclic) bond motifs is 3. The standard InChI is InChI=1S/C31H36BrClN4O6/c1-29(2,3)42-28(38)37-20-11-16(9-10-17(20)12-21(37)27(39-7)40-8)18-13-22(31(6)24(18)41-30(4,5)43-31)36-14-19(32)23-25(33)34-15-35-26(23)36/h9-12,14-15,18,22,24,27H,13H2,1-8H3/t18-,22?,24-,31?/m1/s1. The van der Waals surface area contributed by atoms with Crippen molar-refractivity contribution in [3.8, 4) is 0 Å². The van der Waals surface area contributed by atoms with Crippen LogP contribution in [-0.2, 0) is 23.7 Å². The van der Waals surface area contributed by atoms with Crippen molar-refractivity contribution in [1.82, 2.24) is 19.1 Å².